The molecule has 0 bridgehead atoms. The molecule has 0 spiro atoms. The summed E-state index contributed by atoms with van der Waals surface area (Å²) in [5.41, 5.74) is -0.0990. The molecule has 5 nitrogen and oxygen atoms in total. The number of fused-ring (bicyclic) bond motifs is 1. The summed E-state index contributed by atoms with van der Waals surface area (Å²) in [5.74, 6) is 0.282. The predicted molar refractivity (Wildman–Crippen MR) is 65.8 cm³/mol. The van der Waals surface area contributed by atoms with Crippen molar-refractivity contribution in [1.82, 2.24) is 9.55 Å². The molecular weight excluding hydrogens is 251 g/mol. The van der Waals surface area contributed by atoms with Crippen LogP contribution in [0.2, 0.25) is 0 Å². The fourth-order valence-corrected chi connectivity index (χ4v) is 2.22. The number of hydrogen-bond acceptors (Lipinski definition) is 3. The number of nitrogens with zero attached hydrogens (tertiary/aromatic N) is 1. The van der Waals surface area contributed by atoms with Crippen LogP contribution in [0.25, 0.3) is 0 Å². The lowest BCUT2D eigenvalue weighted by molar-refractivity contribution is 0.205. The van der Waals surface area contributed by atoms with Crippen molar-refractivity contribution in [2.45, 2.75) is 19.1 Å². The van der Waals surface area contributed by atoms with Crippen molar-refractivity contribution in [3.05, 3.63) is 62.7 Å². The highest BCUT2D eigenvalue weighted by Gasteiger charge is 2.24. The molecule has 1 aliphatic rings. The average Bonchev–Trinajstić information content (AvgIpc) is 2.75. The van der Waals surface area contributed by atoms with Crippen LogP contribution in [0.4, 0.5) is 4.39 Å². The Morgan fingerprint density at radius 3 is 3.00 bits per heavy atom. The molecule has 0 saturated heterocycles. The molecule has 3 rings (SSSR count). The Hall–Kier alpha value is -2.37. The molecule has 98 valence electrons. The molecule has 1 atom stereocenters. The number of nitrogens with one attached hydrogen (secondary N) is 1. The summed E-state index contributed by atoms with van der Waals surface area (Å²) in [4.78, 5) is 25.6. The molecule has 0 fully saturated rings. The summed E-state index contributed by atoms with van der Waals surface area (Å²) < 4.78 is 19.8. The summed E-state index contributed by atoms with van der Waals surface area (Å²) in [7, 11) is 0. The minimum Gasteiger partial charge on any atom is -0.488 e. The number of H-pyrrole nitrogens is 1. The van der Waals surface area contributed by atoms with E-state index in [1.54, 1.807) is 6.07 Å². The minimum atomic E-state index is -0.474. The zero-order valence-corrected chi connectivity index (χ0v) is 9.93. The zero-order chi connectivity index (χ0) is 13.4. The first-order chi connectivity index (χ1) is 9.13. The van der Waals surface area contributed by atoms with Gasteiger partial charge in [-0.05, 0) is 18.2 Å². The van der Waals surface area contributed by atoms with Gasteiger partial charge in [-0.25, -0.2) is 9.18 Å². The Balaban J connectivity index is 1.85. The van der Waals surface area contributed by atoms with Crippen molar-refractivity contribution in [2.24, 2.45) is 0 Å². The summed E-state index contributed by atoms with van der Waals surface area (Å²) in [6.45, 7) is 0.144. The number of hydrogen-bond donors (Lipinski definition) is 1. The molecule has 0 saturated carbocycles. The van der Waals surface area contributed by atoms with Crippen LogP contribution in [0.5, 0.6) is 5.75 Å². The number of ether oxygens (including phenoxy) is 1. The van der Waals surface area contributed by atoms with Gasteiger partial charge in [0.15, 0.2) is 0 Å². The van der Waals surface area contributed by atoms with Gasteiger partial charge in [-0.2, -0.15) is 0 Å². The normalized spacial score (nSPS) is 17.0. The van der Waals surface area contributed by atoms with Crippen molar-refractivity contribution < 1.29 is 9.13 Å². The van der Waals surface area contributed by atoms with E-state index in [1.165, 1.54) is 24.4 Å². The third-order valence-corrected chi connectivity index (χ3v) is 3.09. The van der Waals surface area contributed by atoms with Crippen LogP contribution >= 0.6 is 0 Å². The molecular formula is C13H11FN2O3. The third kappa shape index (κ3) is 2.16. The van der Waals surface area contributed by atoms with Gasteiger partial charge >= 0.3 is 5.69 Å². The molecule has 6 heteroatoms. The highest BCUT2D eigenvalue weighted by molar-refractivity contribution is 5.37. The van der Waals surface area contributed by atoms with Crippen molar-refractivity contribution >= 4 is 0 Å². The first-order valence-electron chi connectivity index (χ1n) is 5.87. The van der Waals surface area contributed by atoms with Crippen LogP contribution in [0.1, 0.15) is 5.56 Å². The fourth-order valence-electron chi connectivity index (χ4n) is 2.22. The molecule has 1 aromatic carbocycles. The van der Waals surface area contributed by atoms with E-state index in [0.29, 0.717) is 12.2 Å². The molecule has 2 heterocycles. The number of halogens is 1. The SMILES string of the molecule is O=c1cc[nH]c(=O)n1CC1Cc2cc(F)ccc2O1. The summed E-state index contributed by atoms with van der Waals surface area (Å²) >= 11 is 0. The van der Waals surface area contributed by atoms with Gasteiger partial charge < -0.3 is 9.72 Å². The van der Waals surface area contributed by atoms with Gasteiger partial charge in [0.2, 0.25) is 0 Å². The summed E-state index contributed by atoms with van der Waals surface area (Å²) in [5, 5.41) is 0. The van der Waals surface area contributed by atoms with E-state index in [2.05, 4.69) is 4.98 Å². The Labute approximate surface area is 107 Å². The zero-order valence-electron chi connectivity index (χ0n) is 9.93. The number of rotatable bonds is 2. The van der Waals surface area contributed by atoms with Gasteiger partial charge in [-0.15, -0.1) is 0 Å². The topological polar surface area (TPSA) is 64.1 Å². The molecule has 1 aliphatic heterocycles. The van der Waals surface area contributed by atoms with Gasteiger partial charge in [0, 0.05) is 24.2 Å². The van der Waals surface area contributed by atoms with Gasteiger partial charge in [-0.1, -0.05) is 0 Å². The monoisotopic (exact) mass is 262 g/mol. The van der Waals surface area contributed by atoms with Gasteiger partial charge in [0.05, 0.1) is 6.54 Å². The number of benzene rings is 1. The molecule has 19 heavy (non-hydrogen) atoms. The number of aromatic nitrogens is 2. The predicted octanol–water partition coefficient (Wildman–Crippen LogP) is 0.679. The lowest BCUT2D eigenvalue weighted by Gasteiger charge is -2.11. The van der Waals surface area contributed by atoms with Crippen LogP contribution in [-0.4, -0.2) is 15.7 Å². The van der Waals surface area contributed by atoms with Crippen molar-refractivity contribution in [2.75, 3.05) is 0 Å². The molecule has 1 aromatic heterocycles. The Kier molecular flexibility index (Phi) is 2.70. The van der Waals surface area contributed by atoms with E-state index in [0.717, 1.165) is 10.1 Å². The van der Waals surface area contributed by atoms with Crippen LogP contribution in [0.3, 0.4) is 0 Å². The molecule has 1 N–H and O–H groups in total. The van der Waals surface area contributed by atoms with E-state index in [9.17, 15) is 14.0 Å². The van der Waals surface area contributed by atoms with E-state index < -0.39 is 5.69 Å². The largest absolute Gasteiger partial charge is 0.488 e. The second kappa shape index (κ2) is 4.38. The first-order valence-corrected chi connectivity index (χ1v) is 5.87. The highest BCUT2D eigenvalue weighted by Crippen LogP contribution is 2.29. The lowest BCUT2D eigenvalue weighted by atomic mass is 10.1. The van der Waals surface area contributed by atoms with Crippen LogP contribution < -0.4 is 16.0 Å². The molecule has 2 aromatic rings. The first kappa shape index (κ1) is 11.7. The van der Waals surface area contributed by atoms with E-state index in [-0.39, 0.29) is 24.0 Å². The molecule has 0 radical (unpaired) electrons. The minimum absolute atomic E-state index is 0.144. The Morgan fingerprint density at radius 1 is 1.37 bits per heavy atom. The maximum absolute atomic E-state index is 13.1. The molecule has 0 aliphatic carbocycles. The van der Waals surface area contributed by atoms with E-state index >= 15 is 0 Å². The smallest absolute Gasteiger partial charge is 0.328 e. The van der Waals surface area contributed by atoms with Crippen LogP contribution in [0.15, 0.2) is 40.1 Å². The number of aromatic amines is 1. The Morgan fingerprint density at radius 2 is 2.21 bits per heavy atom. The van der Waals surface area contributed by atoms with Crippen molar-refractivity contribution in [3.8, 4) is 5.75 Å². The standard InChI is InChI=1S/C13H11FN2O3/c14-9-1-2-11-8(5-9)6-10(19-11)7-16-12(17)3-4-15-13(16)18/h1-5,10H,6-7H2,(H,15,18). The highest BCUT2D eigenvalue weighted by atomic mass is 19.1. The summed E-state index contributed by atoms with van der Waals surface area (Å²) in [6.07, 6.45) is 1.45. The molecule has 1 unspecified atom stereocenters. The Bertz CT molecular complexity index is 707. The fraction of sp³-hybridized carbons (Fsp3) is 0.231. The second-order valence-electron chi connectivity index (χ2n) is 4.43. The van der Waals surface area contributed by atoms with Crippen molar-refractivity contribution in [1.29, 1.82) is 0 Å². The lowest BCUT2D eigenvalue weighted by Crippen LogP contribution is -2.38. The van der Waals surface area contributed by atoms with E-state index in [4.69, 9.17) is 4.74 Å². The van der Waals surface area contributed by atoms with Gasteiger partial charge in [0.25, 0.3) is 5.56 Å². The van der Waals surface area contributed by atoms with Crippen molar-refractivity contribution in [3.63, 3.8) is 0 Å². The maximum Gasteiger partial charge on any atom is 0.328 e. The van der Waals surface area contributed by atoms with Crippen LogP contribution in [-0.2, 0) is 13.0 Å². The van der Waals surface area contributed by atoms with Crippen LogP contribution in [0, 0.1) is 5.82 Å². The van der Waals surface area contributed by atoms with Gasteiger partial charge in [-0.3, -0.25) is 9.36 Å². The maximum atomic E-state index is 13.1. The second-order valence-corrected chi connectivity index (χ2v) is 4.43. The van der Waals surface area contributed by atoms with Gasteiger partial charge in [0.1, 0.15) is 17.7 Å². The average molecular weight is 262 g/mol. The molecule has 0 amide bonds. The summed E-state index contributed by atoms with van der Waals surface area (Å²) in [6, 6.07) is 5.57. The third-order valence-electron chi connectivity index (χ3n) is 3.09. The van der Waals surface area contributed by atoms with E-state index in [1.807, 2.05) is 0 Å². The quantitative estimate of drug-likeness (QED) is 0.865.